The maximum Gasteiger partial charge on any atom is 0.303 e. The fourth-order valence-corrected chi connectivity index (χ4v) is 3.42. The second-order valence-electron chi connectivity index (χ2n) is 8.40. The number of aliphatic carboxylic acids is 1. The van der Waals surface area contributed by atoms with Crippen molar-refractivity contribution >= 4 is 23.5 Å². The molecule has 190 valence electrons. The number of carbonyl (C=O) groups excluding carboxylic acids is 2. The molecule has 1 unspecified atom stereocenters. The van der Waals surface area contributed by atoms with Crippen LogP contribution in [0.3, 0.4) is 0 Å². The van der Waals surface area contributed by atoms with E-state index in [-0.39, 0.29) is 24.9 Å². The quantitative estimate of drug-likeness (QED) is 0.180. The first-order valence-corrected chi connectivity index (χ1v) is 10.9. The predicted molar refractivity (Wildman–Crippen MR) is 126 cm³/mol. The minimum absolute atomic E-state index is 0.0470. The number of para-hydroxylation sites is 1. The van der Waals surface area contributed by atoms with Gasteiger partial charge in [0.25, 0.3) is 5.91 Å². The van der Waals surface area contributed by atoms with Crippen LogP contribution in [-0.4, -0.2) is 67.0 Å². The minimum atomic E-state index is -3.67. The summed E-state index contributed by atoms with van der Waals surface area (Å²) in [6.07, 6.45) is -0.774. The fourth-order valence-electron chi connectivity index (χ4n) is 3.42. The lowest BCUT2D eigenvalue weighted by Gasteiger charge is -2.35. The van der Waals surface area contributed by atoms with Gasteiger partial charge in [0.2, 0.25) is 11.7 Å². The zero-order valence-corrected chi connectivity index (χ0v) is 19.2. The SMILES string of the molecule is CC(CC(O)(O)C(O)(O)C(=O)Nc1ccccc1CCC(=O)O)NC(=O)[C@@H](N)Cc1ccccc1. The summed E-state index contributed by atoms with van der Waals surface area (Å²) in [4.78, 5) is 35.7. The number of aliphatic hydroxyl groups is 4. The zero-order chi connectivity index (χ0) is 26.2. The van der Waals surface area contributed by atoms with Gasteiger partial charge in [0.05, 0.1) is 6.04 Å². The highest BCUT2D eigenvalue weighted by Crippen LogP contribution is 2.26. The summed E-state index contributed by atoms with van der Waals surface area (Å²) in [5, 5.41) is 54.7. The van der Waals surface area contributed by atoms with E-state index in [4.69, 9.17) is 10.8 Å². The molecule has 2 amide bonds. The fraction of sp³-hybridized carbons (Fsp3) is 0.375. The van der Waals surface area contributed by atoms with E-state index in [9.17, 15) is 34.8 Å². The van der Waals surface area contributed by atoms with Gasteiger partial charge in [-0.2, -0.15) is 0 Å². The number of amides is 2. The number of carbonyl (C=O) groups is 3. The zero-order valence-electron chi connectivity index (χ0n) is 19.2. The third-order valence-electron chi connectivity index (χ3n) is 5.36. The largest absolute Gasteiger partial charge is 0.481 e. The van der Waals surface area contributed by atoms with Crippen molar-refractivity contribution < 1.29 is 39.9 Å². The van der Waals surface area contributed by atoms with Crippen LogP contribution in [-0.2, 0) is 27.2 Å². The number of nitrogens with two attached hydrogens (primary N) is 1. The van der Waals surface area contributed by atoms with Gasteiger partial charge in [-0.1, -0.05) is 48.5 Å². The van der Waals surface area contributed by atoms with Gasteiger partial charge in [-0.05, 0) is 37.0 Å². The molecule has 0 heterocycles. The maximum atomic E-state index is 12.5. The summed E-state index contributed by atoms with van der Waals surface area (Å²) in [5.74, 6) is -10.2. The molecule has 2 aromatic carbocycles. The Bertz CT molecular complexity index is 1030. The molecule has 0 radical (unpaired) electrons. The van der Waals surface area contributed by atoms with E-state index in [1.807, 2.05) is 6.07 Å². The molecule has 0 bridgehead atoms. The number of hydrogen-bond acceptors (Lipinski definition) is 8. The van der Waals surface area contributed by atoms with Gasteiger partial charge in [0.15, 0.2) is 0 Å². The molecule has 0 aliphatic heterocycles. The topological polar surface area (TPSA) is 202 Å². The smallest absolute Gasteiger partial charge is 0.303 e. The molecule has 0 aliphatic rings. The molecule has 0 saturated carbocycles. The molecule has 2 rings (SSSR count). The van der Waals surface area contributed by atoms with Crippen molar-refractivity contribution in [3.63, 3.8) is 0 Å². The van der Waals surface area contributed by atoms with Crippen molar-refractivity contribution in [3.8, 4) is 0 Å². The van der Waals surface area contributed by atoms with Gasteiger partial charge in [-0.15, -0.1) is 0 Å². The third-order valence-corrected chi connectivity index (χ3v) is 5.36. The van der Waals surface area contributed by atoms with E-state index in [0.29, 0.717) is 5.56 Å². The lowest BCUT2D eigenvalue weighted by molar-refractivity contribution is -0.338. The van der Waals surface area contributed by atoms with Gasteiger partial charge >= 0.3 is 11.8 Å². The molecular weight excluding hydrogens is 458 g/mol. The monoisotopic (exact) mass is 489 g/mol. The van der Waals surface area contributed by atoms with E-state index in [1.54, 1.807) is 30.3 Å². The van der Waals surface area contributed by atoms with Crippen molar-refractivity contribution in [2.75, 3.05) is 5.32 Å². The molecule has 2 atom stereocenters. The normalized spacial score (nSPS) is 13.5. The van der Waals surface area contributed by atoms with Crippen LogP contribution in [0.1, 0.15) is 30.9 Å². The van der Waals surface area contributed by atoms with Crippen LogP contribution in [0.5, 0.6) is 0 Å². The van der Waals surface area contributed by atoms with Crippen LogP contribution >= 0.6 is 0 Å². The van der Waals surface area contributed by atoms with Crippen LogP contribution in [0.25, 0.3) is 0 Å². The van der Waals surface area contributed by atoms with Crippen molar-refractivity contribution in [1.29, 1.82) is 0 Å². The molecule has 11 heteroatoms. The number of hydrogen-bond donors (Lipinski definition) is 8. The molecule has 0 aromatic heterocycles. The second kappa shape index (κ2) is 11.9. The Balaban J connectivity index is 2.01. The second-order valence-corrected chi connectivity index (χ2v) is 8.40. The number of anilines is 1. The van der Waals surface area contributed by atoms with Gasteiger partial charge in [0, 0.05) is 24.6 Å². The molecule has 0 aliphatic carbocycles. The Hall–Kier alpha value is -3.35. The lowest BCUT2D eigenvalue weighted by atomic mass is 9.96. The summed E-state index contributed by atoms with van der Waals surface area (Å²) in [6.45, 7) is 1.38. The molecule has 9 N–H and O–H groups in total. The molecular formula is C24H31N3O8. The number of carboxylic acid groups (broad SMARTS) is 1. The highest BCUT2D eigenvalue weighted by molar-refractivity contribution is 5.97. The summed E-state index contributed by atoms with van der Waals surface area (Å²) in [6, 6.07) is 13.1. The summed E-state index contributed by atoms with van der Waals surface area (Å²) < 4.78 is 0. The average molecular weight is 490 g/mol. The van der Waals surface area contributed by atoms with E-state index in [0.717, 1.165) is 5.56 Å². The van der Waals surface area contributed by atoms with Crippen LogP contribution in [0.15, 0.2) is 54.6 Å². The number of benzene rings is 2. The molecule has 35 heavy (non-hydrogen) atoms. The maximum absolute atomic E-state index is 12.5. The number of aryl methyl sites for hydroxylation is 1. The Labute approximate surface area is 202 Å². The molecule has 0 spiro atoms. The Morgan fingerprint density at radius 1 is 0.971 bits per heavy atom. The Morgan fingerprint density at radius 2 is 1.57 bits per heavy atom. The van der Waals surface area contributed by atoms with Crippen LogP contribution in [0.4, 0.5) is 5.69 Å². The van der Waals surface area contributed by atoms with Crippen molar-refractivity contribution in [1.82, 2.24) is 5.32 Å². The number of rotatable bonds is 12. The highest BCUT2D eigenvalue weighted by atomic mass is 16.6. The Kier molecular flexibility index (Phi) is 9.46. The van der Waals surface area contributed by atoms with Crippen molar-refractivity contribution in [3.05, 3.63) is 65.7 Å². The predicted octanol–water partition coefficient (Wildman–Crippen LogP) is -0.531. The first kappa shape index (κ1) is 27.9. The number of carboxylic acids is 1. The first-order valence-electron chi connectivity index (χ1n) is 10.9. The van der Waals surface area contributed by atoms with Crippen LogP contribution in [0.2, 0.25) is 0 Å². The van der Waals surface area contributed by atoms with Crippen molar-refractivity contribution in [2.45, 2.75) is 56.3 Å². The average Bonchev–Trinajstić information content (AvgIpc) is 2.78. The minimum Gasteiger partial charge on any atom is -0.481 e. The van der Waals surface area contributed by atoms with E-state index in [2.05, 4.69) is 10.6 Å². The molecule has 0 saturated heterocycles. The van der Waals surface area contributed by atoms with E-state index in [1.165, 1.54) is 25.1 Å². The summed E-state index contributed by atoms with van der Waals surface area (Å²) in [7, 11) is 0. The molecule has 11 nitrogen and oxygen atoms in total. The van der Waals surface area contributed by atoms with E-state index >= 15 is 0 Å². The van der Waals surface area contributed by atoms with Gasteiger partial charge in [-0.3, -0.25) is 14.4 Å². The third kappa shape index (κ3) is 7.84. The van der Waals surface area contributed by atoms with Gasteiger partial charge in [-0.25, -0.2) is 0 Å². The van der Waals surface area contributed by atoms with Crippen LogP contribution in [0, 0.1) is 0 Å². The van der Waals surface area contributed by atoms with Gasteiger partial charge < -0.3 is 41.9 Å². The standard InChI is InChI=1S/C24H31N3O8/c1-15(26-21(30)18(25)13-16-7-3-2-4-8-16)14-23(32,33)24(34,35)22(31)27-19-10-6-5-9-17(19)11-12-20(28)29/h2-10,15,18,32-35H,11-14,25H2,1H3,(H,26,30)(H,27,31)(H,28,29)/t15?,18-/m0/s1. The van der Waals surface area contributed by atoms with Crippen molar-refractivity contribution in [2.24, 2.45) is 5.73 Å². The first-order chi connectivity index (χ1) is 16.3. The lowest BCUT2D eigenvalue weighted by Crippen LogP contribution is -2.63. The van der Waals surface area contributed by atoms with Gasteiger partial charge in [0.1, 0.15) is 0 Å². The van der Waals surface area contributed by atoms with E-state index < -0.39 is 47.9 Å². The van der Waals surface area contributed by atoms with Crippen LogP contribution < -0.4 is 16.4 Å². The number of nitrogens with one attached hydrogen (secondary N) is 2. The summed E-state index contributed by atoms with van der Waals surface area (Å²) >= 11 is 0. The molecule has 2 aromatic rings. The Morgan fingerprint density at radius 3 is 2.20 bits per heavy atom. The highest BCUT2D eigenvalue weighted by Gasteiger charge is 2.54. The molecule has 0 fully saturated rings. The summed E-state index contributed by atoms with van der Waals surface area (Å²) in [5.41, 5.74) is 7.20.